The zero-order valence-corrected chi connectivity index (χ0v) is 39.6. The lowest BCUT2D eigenvalue weighted by Gasteiger charge is -2.60. The molecule has 1 amide bonds. The minimum Gasteiger partial charge on any atom is -0.459 e. The largest absolute Gasteiger partial charge is 0.459 e. The standard InChI is InChI=1S/C55H65N3O11/c1-4-30-66-55-51(57(26-31-65-32-29-61)52(62)25-19-40-17-20-43(21-18-40)58(63)64)36-49(56-67-37-41-12-6-5-7-13-41)47-34-42(14-8-10-27-59)46(15-9-11-28-60)53(54(47)55)48-35-45(23-24-50(48)69-55)68-44-22-16-38(2)39(3)33-44/h4-7,12-13,16-25,33-35,42,46,51,53-54,59-61H,1,8-11,14-15,26-32,36-37H2,2-3H3. The maximum atomic E-state index is 15.0. The number of nitro benzene ring substituents is 1. The molecule has 366 valence electrons. The molecule has 1 saturated carbocycles. The number of allylic oxidation sites excluding steroid dienone is 1. The molecule has 1 aliphatic heterocycles. The zero-order chi connectivity index (χ0) is 48.8. The van der Waals surface area contributed by atoms with E-state index < -0.39 is 28.6 Å². The normalized spacial score (nSPS) is 22.0. The highest BCUT2D eigenvalue weighted by atomic mass is 16.7. The quantitative estimate of drug-likeness (QED) is 0.0189. The van der Waals surface area contributed by atoms with Gasteiger partial charge >= 0.3 is 0 Å². The van der Waals surface area contributed by atoms with Crippen LogP contribution in [0.25, 0.3) is 6.08 Å². The highest BCUT2D eigenvalue weighted by Crippen LogP contribution is 2.62. The molecule has 0 saturated heterocycles. The Hall–Kier alpha value is -6.16. The van der Waals surface area contributed by atoms with E-state index in [1.807, 2.05) is 60.7 Å². The van der Waals surface area contributed by atoms with Gasteiger partial charge in [0.05, 0.1) is 43.0 Å². The molecule has 0 bridgehead atoms. The van der Waals surface area contributed by atoms with Gasteiger partial charge in [0.25, 0.3) is 5.69 Å². The van der Waals surface area contributed by atoms with Crippen LogP contribution in [0.4, 0.5) is 5.69 Å². The SMILES string of the molecule is C=CCOC12Oc3ccc(Oc4ccc(C)c(C)c4)cc3C3C(CCCCO)C(CCCCO)C=C(C(=NOCc4ccccc4)CC1N(CCOCCO)C(=O)C=Cc1ccc([N+](=O)[O-])cc1)C32. The van der Waals surface area contributed by atoms with Crippen molar-refractivity contribution in [2.75, 3.05) is 46.2 Å². The van der Waals surface area contributed by atoms with Crippen molar-refractivity contribution in [3.05, 3.63) is 159 Å². The number of fused-ring (bicyclic) bond motifs is 2. The number of amides is 1. The van der Waals surface area contributed by atoms with Crippen molar-refractivity contribution >= 4 is 23.4 Å². The average Bonchev–Trinajstić information content (AvgIpc) is 3.35. The van der Waals surface area contributed by atoms with Crippen molar-refractivity contribution in [2.24, 2.45) is 22.9 Å². The van der Waals surface area contributed by atoms with Crippen LogP contribution < -0.4 is 9.47 Å². The molecule has 6 atom stereocenters. The molecule has 0 radical (unpaired) electrons. The molecule has 14 heteroatoms. The summed E-state index contributed by atoms with van der Waals surface area (Å²) in [7, 11) is 0. The molecular weight excluding hydrogens is 879 g/mol. The molecule has 2 aliphatic carbocycles. The molecule has 6 unspecified atom stereocenters. The summed E-state index contributed by atoms with van der Waals surface area (Å²) in [6.07, 6.45) is 11.5. The molecular formula is C55H65N3O11. The van der Waals surface area contributed by atoms with Crippen LogP contribution in [-0.2, 0) is 25.7 Å². The molecule has 1 heterocycles. The third-order valence-corrected chi connectivity index (χ3v) is 13.5. The van der Waals surface area contributed by atoms with E-state index in [-0.39, 0.29) is 82.7 Å². The van der Waals surface area contributed by atoms with Crippen LogP contribution in [0.5, 0.6) is 17.2 Å². The maximum Gasteiger partial charge on any atom is 0.269 e. The smallest absolute Gasteiger partial charge is 0.269 e. The van der Waals surface area contributed by atoms with Gasteiger partial charge in [0, 0.05) is 55.9 Å². The van der Waals surface area contributed by atoms with Gasteiger partial charge in [-0.2, -0.15) is 0 Å². The summed E-state index contributed by atoms with van der Waals surface area (Å²) in [5.74, 6) is -0.888. The van der Waals surface area contributed by atoms with Gasteiger partial charge in [-0.25, -0.2) is 0 Å². The number of aliphatic hydroxyl groups is 3. The monoisotopic (exact) mass is 943 g/mol. The van der Waals surface area contributed by atoms with Gasteiger partial charge in [-0.15, -0.1) is 6.58 Å². The highest BCUT2D eigenvalue weighted by molar-refractivity contribution is 6.03. The second-order valence-electron chi connectivity index (χ2n) is 17.9. The number of aryl methyl sites for hydroxylation is 2. The van der Waals surface area contributed by atoms with E-state index >= 15 is 0 Å². The summed E-state index contributed by atoms with van der Waals surface area (Å²) >= 11 is 0. The number of benzene rings is 4. The predicted molar refractivity (Wildman–Crippen MR) is 264 cm³/mol. The van der Waals surface area contributed by atoms with Crippen LogP contribution in [-0.4, -0.2) is 94.8 Å². The number of aliphatic hydroxyl groups excluding tert-OH is 3. The Labute approximate surface area is 404 Å². The Balaban J connectivity index is 1.43. The molecule has 14 nitrogen and oxygen atoms in total. The molecule has 3 aliphatic rings. The first-order valence-electron chi connectivity index (χ1n) is 24.0. The van der Waals surface area contributed by atoms with E-state index in [0.29, 0.717) is 41.4 Å². The van der Waals surface area contributed by atoms with Gasteiger partial charge in [-0.1, -0.05) is 66.5 Å². The Morgan fingerprint density at radius 2 is 1.65 bits per heavy atom. The molecule has 69 heavy (non-hydrogen) atoms. The zero-order valence-electron chi connectivity index (χ0n) is 39.6. The Morgan fingerprint density at radius 3 is 2.36 bits per heavy atom. The third kappa shape index (κ3) is 12.2. The van der Waals surface area contributed by atoms with Crippen LogP contribution >= 0.6 is 0 Å². The van der Waals surface area contributed by atoms with Crippen molar-refractivity contribution in [1.82, 2.24) is 4.90 Å². The topological polar surface area (TPSA) is 183 Å². The fourth-order valence-corrected chi connectivity index (χ4v) is 10.1. The summed E-state index contributed by atoms with van der Waals surface area (Å²) in [4.78, 5) is 33.9. The van der Waals surface area contributed by atoms with Crippen LogP contribution in [0.15, 0.2) is 127 Å². The third-order valence-electron chi connectivity index (χ3n) is 13.5. The van der Waals surface area contributed by atoms with E-state index in [1.165, 1.54) is 18.2 Å². The van der Waals surface area contributed by atoms with E-state index in [0.717, 1.165) is 53.5 Å². The molecule has 4 aromatic rings. The van der Waals surface area contributed by atoms with E-state index in [9.17, 15) is 30.2 Å². The summed E-state index contributed by atoms with van der Waals surface area (Å²) in [6.45, 7) is 8.56. The molecule has 3 N–H and O–H groups in total. The summed E-state index contributed by atoms with van der Waals surface area (Å²) in [6, 6.07) is 26.7. The Kier molecular flexibility index (Phi) is 17.9. The first-order chi connectivity index (χ1) is 33.6. The number of oxime groups is 1. The van der Waals surface area contributed by atoms with Crippen LogP contribution in [0.2, 0.25) is 0 Å². The fraction of sp³-hybridized carbons (Fsp3) is 0.418. The Morgan fingerprint density at radius 1 is 0.913 bits per heavy atom. The second-order valence-corrected chi connectivity index (χ2v) is 17.9. The number of rotatable bonds is 25. The van der Waals surface area contributed by atoms with Crippen molar-refractivity contribution in [3.8, 4) is 17.2 Å². The van der Waals surface area contributed by atoms with Crippen LogP contribution in [0.1, 0.15) is 78.7 Å². The molecule has 1 fully saturated rings. The summed E-state index contributed by atoms with van der Waals surface area (Å²) < 4.78 is 27.0. The first kappa shape index (κ1) is 50.7. The fourth-order valence-electron chi connectivity index (χ4n) is 10.1. The second kappa shape index (κ2) is 24.4. The summed E-state index contributed by atoms with van der Waals surface area (Å²) in [5.41, 5.74) is 6.14. The van der Waals surface area contributed by atoms with Crippen molar-refractivity contribution in [3.63, 3.8) is 0 Å². The van der Waals surface area contributed by atoms with Gasteiger partial charge in [0.15, 0.2) is 0 Å². The van der Waals surface area contributed by atoms with Gasteiger partial charge in [0.2, 0.25) is 11.7 Å². The lowest BCUT2D eigenvalue weighted by Crippen LogP contribution is -2.70. The van der Waals surface area contributed by atoms with E-state index in [4.69, 9.17) is 28.9 Å². The number of nitro groups is 1. The molecule has 0 aromatic heterocycles. The molecule has 4 aromatic carbocycles. The first-order valence-corrected chi connectivity index (χ1v) is 24.0. The number of unbranched alkanes of at least 4 members (excludes halogenated alkanes) is 2. The van der Waals surface area contributed by atoms with Crippen molar-refractivity contribution in [2.45, 2.75) is 83.1 Å². The minimum atomic E-state index is -1.54. The summed E-state index contributed by atoms with van der Waals surface area (Å²) in [5, 5.41) is 46.1. The number of hydrogen-bond acceptors (Lipinski definition) is 12. The minimum absolute atomic E-state index is 0.0143. The van der Waals surface area contributed by atoms with Gasteiger partial charge in [-0.05, 0) is 128 Å². The van der Waals surface area contributed by atoms with Crippen LogP contribution in [0, 0.1) is 41.7 Å². The van der Waals surface area contributed by atoms with E-state index in [2.05, 4.69) is 32.6 Å². The van der Waals surface area contributed by atoms with E-state index in [1.54, 1.807) is 29.2 Å². The number of carbonyl (C=O) groups excluding carboxylic acids is 1. The van der Waals surface area contributed by atoms with Crippen molar-refractivity contribution in [1.29, 1.82) is 0 Å². The van der Waals surface area contributed by atoms with Gasteiger partial charge in [-0.3, -0.25) is 14.9 Å². The number of hydrogen-bond donors (Lipinski definition) is 3. The predicted octanol–water partition coefficient (Wildman–Crippen LogP) is 9.39. The lowest BCUT2D eigenvalue weighted by atomic mass is 9.55. The van der Waals surface area contributed by atoms with Gasteiger partial charge in [0.1, 0.15) is 29.9 Å². The average molecular weight is 944 g/mol. The number of nitrogens with zero attached hydrogens (tertiary/aromatic N) is 3. The highest BCUT2D eigenvalue weighted by Gasteiger charge is 2.65. The number of non-ortho nitro benzene ring substituents is 1. The molecule has 7 rings (SSSR count). The maximum absolute atomic E-state index is 15.0. The number of carbonyl (C=O) groups is 1. The molecule has 0 spiro atoms. The lowest BCUT2D eigenvalue weighted by molar-refractivity contribution is -0.384. The van der Waals surface area contributed by atoms with Gasteiger partial charge < -0.3 is 44.0 Å². The van der Waals surface area contributed by atoms with Crippen molar-refractivity contribution < 1.29 is 48.8 Å². The Bertz CT molecular complexity index is 2460. The van der Waals surface area contributed by atoms with Crippen LogP contribution in [0.3, 0.4) is 0 Å². The number of ether oxygens (including phenoxy) is 4.